The zero-order valence-electron chi connectivity index (χ0n) is 11.7. The summed E-state index contributed by atoms with van der Waals surface area (Å²) < 4.78 is 0. The number of carboxylic acid groups (broad SMARTS) is 1. The normalized spacial score (nSPS) is 11.5. The van der Waals surface area contributed by atoms with E-state index in [-0.39, 0.29) is 5.57 Å². The van der Waals surface area contributed by atoms with Crippen molar-refractivity contribution in [3.8, 4) is 0 Å². The molecule has 0 spiro atoms. The first kappa shape index (κ1) is 15.6. The van der Waals surface area contributed by atoms with Gasteiger partial charge >= 0.3 is 5.97 Å². The molecule has 0 radical (unpaired) electrons. The Balaban J connectivity index is 2.51. The minimum Gasteiger partial charge on any atom is -0.478 e. The number of aliphatic carboxylic acids is 1. The van der Waals surface area contributed by atoms with Gasteiger partial charge in [-0.05, 0) is 54.3 Å². The van der Waals surface area contributed by atoms with Crippen LogP contribution in [-0.2, 0) is 4.79 Å². The molecule has 0 aliphatic heterocycles. The first-order chi connectivity index (χ1) is 9.88. The van der Waals surface area contributed by atoms with E-state index in [1.165, 1.54) is 0 Å². The molecule has 0 aliphatic carbocycles. The lowest BCUT2D eigenvalue weighted by atomic mass is 9.99. The van der Waals surface area contributed by atoms with E-state index in [1.54, 1.807) is 30.3 Å². The van der Waals surface area contributed by atoms with Gasteiger partial charge in [-0.2, -0.15) is 0 Å². The SMILES string of the molecule is Cc1ccc(/C(=C/c2ccc(Cl)c(Cl)c2)C(=O)O)cc1C. The summed E-state index contributed by atoms with van der Waals surface area (Å²) in [7, 11) is 0. The van der Waals surface area contributed by atoms with Crippen molar-refractivity contribution in [1.29, 1.82) is 0 Å². The maximum Gasteiger partial charge on any atom is 0.336 e. The topological polar surface area (TPSA) is 37.3 Å². The number of halogens is 2. The van der Waals surface area contributed by atoms with E-state index in [4.69, 9.17) is 23.2 Å². The van der Waals surface area contributed by atoms with E-state index in [0.717, 1.165) is 11.1 Å². The maximum absolute atomic E-state index is 11.5. The van der Waals surface area contributed by atoms with Crippen LogP contribution in [0.5, 0.6) is 0 Å². The molecule has 2 nitrogen and oxygen atoms in total. The summed E-state index contributed by atoms with van der Waals surface area (Å²) in [5.41, 5.74) is 3.75. The van der Waals surface area contributed by atoms with Gasteiger partial charge in [0.25, 0.3) is 0 Å². The fourth-order valence-corrected chi connectivity index (χ4v) is 2.25. The molecule has 0 amide bonds. The highest BCUT2D eigenvalue weighted by molar-refractivity contribution is 6.42. The molecular weight excluding hydrogens is 307 g/mol. The van der Waals surface area contributed by atoms with Crippen LogP contribution in [0, 0.1) is 13.8 Å². The monoisotopic (exact) mass is 320 g/mol. The number of hydrogen-bond donors (Lipinski definition) is 1. The Hall–Kier alpha value is -1.77. The molecule has 0 unspecified atom stereocenters. The maximum atomic E-state index is 11.5. The predicted octanol–water partition coefficient (Wildman–Crippen LogP) is 5.24. The van der Waals surface area contributed by atoms with Gasteiger partial charge in [-0.1, -0.05) is 47.5 Å². The van der Waals surface area contributed by atoms with Crippen molar-refractivity contribution in [2.75, 3.05) is 0 Å². The van der Waals surface area contributed by atoms with Crippen molar-refractivity contribution in [2.45, 2.75) is 13.8 Å². The average Bonchev–Trinajstić information content (AvgIpc) is 2.43. The summed E-state index contributed by atoms with van der Waals surface area (Å²) in [6.07, 6.45) is 1.59. The number of benzene rings is 2. The van der Waals surface area contributed by atoms with Crippen LogP contribution in [0.3, 0.4) is 0 Å². The first-order valence-corrected chi connectivity index (χ1v) is 7.12. The number of hydrogen-bond acceptors (Lipinski definition) is 1. The summed E-state index contributed by atoms with van der Waals surface area (Å²) in [6.45, 7) is 3.94. The van der Waals surface area contributed by atoms with Crippen LogP contribution in [0.15, 0.2) is 36.4 Å². The van der Waals surface area contributed by atoms with Crippen molar-refractivity contribution in [3.63, 3.8) is 0 Å². The van der Waals surface area contributed by atoms with E-state index in [2.05, 4.69) is 0 Å². The standard InChI is InChI=1S/C17H14Cl2O2/c1-10-3-5-13(7-11(10)2)14(17(20)21)8-12-4-6-15(18)16(19)9-12/h3-9H,1-2H3,(H,20,21)/b14-8-. The minimum atomic E-state index is -0.982. The van der Waals surface area contributed by atoms with Gasteiger partial charge in [-0.25, -0.2) is 4.79 Å². The van der Waals surface area contributed by atoms with Crippen LogP contribution in [-0.4, -0.2) is 11.1 Å². The van der Waals surface area contributed by atoms with Crippen molar-refractivity contribution >= 4 is 40.8 Å². The van der Waals surface area contributed by atoms with Crippen LogP contribution >= 0.6 is 23.2 Å². The smallest absolute Gasteiger partial charge is 0.336 e. The van der Waals surface area contributed by atoms with Gasteiger partial charge in [-0.3, -0.25) is 0 Å². The van der Waals surface area contributed by atoms with Gasteiger partial charge in [0, 0.05) is 0 Å². The Labute approximate surface area is 133 Å². The molecule has 0 aromatic heterocycles. The lowest BCUT2D eigenvalue weighted by Gasteiger charge is -2.07. The summed E-state index contributed by atoms with van der Waals surface area (Å²) in [5, 5.41) is 10.3. The molecule has 21 heavy (non-hydrogen) atoms. The lowest BCUT2D eigenvalue weighted by Crippen LogP contribution is -2.00. The molecule has 0 heterocycles. The molecule has 0 bridgehead atoms. The zero-order chi connectivity index (χ0) is 15.6. The van der Waals surface area contributed by atoms with Gasteiger partial charge < -0.3 is 5.11 Å². The van der Waals surface area contributed by atoms with Gasteiger partial charge in [-0.15, -0.1) is 0 Å². The fourth-order valence-electron chi connectivity index (χ4n) is 1.95. The van der Waals surface area contributed by atoms with E-state index < -0.39 is 5.97 Å². The summed E-state index contributed by atoms with van der Waals surface area (Å²) in [6, 6.07) is 10.6. The molecule has 0 fully saturated rings. The summed E-state index contributed by atoms with van der Waals surface area (Å²) >= 11 is 11.8. The first-order valence-electron chi connectivity index (χ1n) is 6.36. The Morgan fingerprint density at radius 2 is 1.71 bits per heavy atom. The van der Waals surface area contributed by atoms with Gasteiger partial charge in [0.05, 0.1) is 15.6 Å². The van der Waals surface area contributed by atoms with Crippen LogP contribution in [0.4, 0.5) is 0 Å². The van der Waals surface area contributed by atoms with E-state index in [0.29, 0.717) is 21.2 Å². The molecule has 2 rings (SSSR count). The molecule has 2 aromatic carbocycles. The van der Waals surface area contributed by atoms with E-state index in [9.17, 15) is 9.90 Å². The molecule has 0 saturated heterocycles. The Morgan fingerprint density at radius 3 is 2.29 bits per heavy atom. The molecule has 0 atom stereocenters. The van der Waals surface area contributed by atoms with Gasteiger partial charge in [0.1, 0.15) is 0 Å². The molecule has 1 N–H and O–H groups in total. The highest BCUT2D eigenvalue weighted by Crippen LogP contribution is 2.26. The molecule has 108 valence electrons. The van der Waals surface area contributed by atoms with Crippen LogP contribution in [0.25, 0.3) is 11.6 Å². The van der Waals surface area contributed by atoms with E-state index >= 15 is 0 Å². The molecule has 4 heteroatoms. The third-order valence-corrected chi connectivity index (χ3v) is 4.04. The molecular formula is C17H14Cl2O2. The minimum absolute atomic E-state index is 0.219. The van der Waals surface area contributed by atoms with Crippen LogP contribution < -0.4 is 0 Å². The van der Waals surface area contributed by atoms with Crippen LogP contribution in [0.1, 0.15) is 22.3 Å². The van der Waals surface area contributed by atoms with E-state index in [1.807, 2.05) is 26.0 Å². The highest BCUT2D eigenvalue weighted by Gasteiger charge is 2.11. The summed E-state index contributed by atoms with van der Waals surface area (Å²) in [5.74, 6) is -0.982. The number of carboxylic acids is 1. The number of carbonyl (C=O) groups is 1. The summed E-state index contributed by atoms with van der Waals surface area (Å²) in [4.78, 5) is 11.5. The van der Waals surface area contributed by atoms with Gasteiger partial charge in [0.2, 0.25) is 0 Å². The third kappa shape index (κ3) is 3.66. The zero-order valence-corrected chi connectivity index (χ0v) is 13.2. The largest absolute Gasteiger partial charge is 0.478 e. The van der Waals surface area contributed by atoms with Crippen molar-refractivity contribution in [3.05, 3.63) is 68.7 Å². The second-order valence-electron chi connectivity index (χ2n) is 4.84. The second-order valence-corrected chi connectivity index (χ2v) is 5.65. The predicted molar refractivity (Wildman–Crippen MR) is 87.9 cm³/mol. The lowest BCUT2D eigenvalue weighted by molar-refractivity contribution is -0.130. The molecule has 0 aliphatic rings. The Morgan fingerprint density at radius 1 is 1.00 bits per heavy atom. The van der Waals surface area contributed by atoms with Crippen molar-refractivity contribution in [1.82, 2.24) is 0 Å². The molecule has 2 aromatic rings. The Bertz CT molecular complexity index is 734. The molecule has 0 saturated carbocycles. The average molecular weight is 321 g/mol. The van der Waals surface area contributed by atoms with Crippen molar-refractivity contribution in [2.24, 2.45) is 0 Å². The number of rotatable bonds is 3. The highest BCUT2D eigenvalue weighted by atomic mass is 35.5. The fraction of sp³-hybridized carbons (Fsp3) is 0.118. The van der Waals surface area contributed by atoms with Crippen LogP contribution in [0.2, 0.25) is 10.0 Å². The number of aryl methyl sites for hydroxylation is 2. The Kier molecular flexibility index (Phi) is 4.71. The third-order valence-electron chi connectivity index (χ3n) is 3.30. The van der Waals surface area contributed by atoms with Gasteiger partial charge in [0.15, 0.2) is 0 Å². The second kappa shape index (κ2) is 6.33. The van der Waals surface area contributed by atoms with Crippen molar-refractivity contribution < 1.29 is 9.90 Å². The quantitative estimate of drug-likeness (QED) is 0.620.